The smallest absolute Gasteiger partial charge is 0.124 e. The van der Waals surface area contributed by atoms with E-state index in [0.29, 0.717) is 13.2 Å². The molecule has 2 nitrogen and oxygen atoms in total. The predicted molar refractivity (Wildman–Crippen MR) is 72.7 cm³/mol. The van der Waals surface area contributed by atoms with E-state index in [1.165, 1.54) is 11.6 Å². The van der Waals surface area contributed by atoms with Crippen molar-refractivity contribution in [2.75, 3.05) is 6.61 Å². The molecule has 0 saturated heterocycles. The topological polar surface area (TPSA) is 21.3 Å². The summed E-state index contributed by atoms with van der Waals surface area (Å²) in [5.41, 5.74) is 3.27. The van der Waals surface area contributed by atoms with Crippen molar-refractivity contribution in [1.82, 2.24) is 5.32 Å². The van der Waals surface area contributed by atoms with Gasteiger partial charge in [-0.05, 0) is 36.2 Å². The van der Waals surface area contributed by atoms with Crippen molar-refractivity contribution in [2.45, 2.75) is 19.5 Å². The summed E-state index contributed by atoms with van der Waals surface area (Å²) in [6.07, 6.45) is 0. The fraction of sp³-hybridized carbons (Fsp3) is 0.250. The quantitative estimate of drug-likeness (QED) is 0.910. The highest BCUT2D eigenvalue weighted by atomic mass is 19.1. The summed E-state index contributed by atoms with van der Waals surface area (Å²) < 4.78 is 18.9. The molecular weight excluding hydrogens is 241 g/mol. The Morgan fingerprint density at radius 3 is 3.00 bits per heavy atom. The number of nitrogens with one attached hydrogen (secondary N) is 1. The fourth-order valence-electron chi connectivity index (χ4n) is 2.40. The molecule has 0 radical (unpaired) electrons. The Bertz CT molecular complexity index is 597. The van der Waals surface area contributed by atoms with Gasteiger partial charge < -0.3 is 10.1 Å². The second kappa shape index (κ2) is 5.02. The molecule has 1 aliphatic heterocycles. The van der Waals surface area contributed by atoms with Crippen molar-refractivity contribution in [2.24, 2.45) is 0 Å². The van der Waals surface area contributed by atoms with Crippen molar-refractivity contribution in [3.8, 4) is 5.75 Å². The maximum atomic E-state index is 13.2. The number of benzene rings is 2. The molecule has 1 atom stereocenters. The van der Waals surface area contributed by atoms with Crippen LogP contribution in [-0.2, 0) is 6.54 Å². The van der Waals surface area contributed by atoms with Crippen LogP contribution in [0.3, 0.4) is 0 Å². The summed E-state index contributed by atoms with van der Waals surface area (Å²) in [6.45, 7) is 3.27. The third-order valence-corrected chi connectivity index (χ3v) is 3.55. The summed E-state index contributed by atoms with van der Waals surface area (Å²) in [7, 11) is 0. The van der Waals surface area contributed by atoms with E-state index in [1.54, 1.807) is 6.07 Å². The third-order valence-electron chi connectivity index (χ3n) is 3.55. The lowest BCUT2D eigenvalue weighted by atomic mass is 10.1. The van der Waals surface area contributed by atoms with Crippen molar-refractivity contribution in [3.63, 3.8) is 0 Å². The van der Waals surface area contributed by atoms with Crippen LogP contribution in [0.1, 0.15) is 22.7 Å². The monoisotopic (exact) mass is 257 g/mol. The normalized spacial score (nSPS) is 17.1. The number of aryl methyl sites for hydroxylation is 1. The second-order valence-corrected chi connectivity index (χ2v) is 4.85. The van der Waals surface area contributed by atoms with Gasteiger partial charge in [-0.3, -0.25) is 0 Å². The lowest BCUT2D eigenvalue weighted by molar-refractivity contribution is 0.310. The van der Waals surface area contributed by atoms with Gasteiger partial charge in [0.15, 0.2) is 0 Å². The van der Waals surface area contributed by atoms with Crippen molar-refractivity contribution >= 4 is 0 Å². The molecule has 2 aromatic rings. The van der Waals surface area contributed by atoms with Crippen molar-refractivity contribution < 1.29 is 9.13 Å². The molecule has 0 aliphatic carbocycles. The number of hydrogen-bond donors (Lipinski definition) is 1. The van der Waals surface area contributed by atoms with E-state index >= 15 is 0 Å². The minimum absolute atomic E-state index is 0.180. The van der Waals surface area contributed by atoms with E-state index in [2.05, 4.69) is 11.4 Å². The summed E-state index contributed by atoms with van der Waals surface area (Å²) in [5, 5.41) is 3.43. The van der Waals surface area contributed by atoms with Crippen LogP contribution in [0.4, 0.5) is 4.39 Å². The standard InChI is InChI=1S/C16H16FNO/c1-11-6-7-13(17)8-12(11)9-18-15-10-19-16-5-3-2-4-14(15)16/h2-8,15,18H,9-10H2,1H3. The molecule has 1 aliphatic rings. The largest absolute Gasteiger partial charge is 0.491 e. The minimum Gasteiger partial charge on any atom is -0.491 e. The summed E-state index contributed by atoms with van der Waals surface area (Å²) >= 11 is 0. The molecule has 2 aromatic carbocycles. The van der Waals surface area contributed by atoms with Crippen LogP contribution < -0.4 is 10.1 Å². The SMILES string of the molecule is Cc1ccc(F)cc1CNC1COc2ccccc21. The van der Waals surface area contributed by atoms with Gasteiger partial charge >= 0.3 is 0 Å². The second-order valence-electron chi connectivity index (χ2n) is 4.85. The third kappa shape index (κ3) is 2.47. The number of rotatable bonds is 3. The first-order valence-corrected chi connectivity index (χ1v) is 6.44. The van der Waals surface area contributed by atoms with Gasteiger partial charge in [-0.1, -0.05) is 24.3 Å². The number of para-hydroxylation sites is 1. The zero-order valence-corrected chi connectivity index (χ0v) is 10.8. The van der Waals surface area contributed by atoms with Gasteiger partial charge in [-0.2, -0.15) is 0 Å². The van der Waals surface area contributed by atoms with Gasteiger partial charge in [-0.25, -0.2) is 4.39 Å². The van der Waals surface area contributed by atoms with E-state index in [4.69, 9.17) is 4.74 Å². The van der Waals surface area contributed by atoms with Crippen LogP contribution in [0.2, 0.25) is 0 Å². The lowest BCUT2D eigenvalue weighted by Gasteiger charge is -2.13. The Hall–Kier alpha value is -1.87. The number of hydrogen-bond acceptors (Lipinski definition) is 2. The average molecular weight is 257 g/mol. The maximum Gasteiger partial charge on any atom is 0.124 e. The lowest BCUT2D eigenvalue weighted by Crippen LogP contribution is -2.22. The van der Waals surface area contributed by atoms with Crippen molar-refractivity contribution in [1.29, 1.82) is 0 Å². The molecule has 1 unspecified atom stereocenters. The van der Waals surface area contributed by atoms with E-state index in [-0.39, 0.29) is 11.9 Å². The van der Waals surface area contributed by atoms with Crippen molar-refractivity contribution in [3.05, 3.63) is 65.0 Å². The summed E-state index contributed by atoms with van der Waals surface area (Å²) in [6, 6.07) is 13.1. The highest BCUT2D eigenvalue weighted by Gasteiger charge is 2.22. The minimum atomic E-state index is -0.189. The highest BCUT2D eigenvalue weighted by Crippen LogP contribution is 2.31. The van der Waals surface area contributed by atoms with Gasteiger partial charge in [0, 0.05) is 12.1 Å². The van der Waals surface area contributed by atoms with Crippen LogP contribution >= 0.6 is 0 Å². The Balaban J connectivity index is 1.72. The molecule has 0 fully saturated rings. The van der Waals surface area contributed by atoms with Gasteiger partial charge in [0.25, 0.3) is 0 Å². The highest BCUT2D eigenvalue weighted by molar-refractivity contribution is 5.39. The molecular formula is C16H16FNO. The first kappa shape index (κ1) is 12.2. The van der Waals surface area contributed by atoms with Crippen LogP contribution in [0, 0.1) is 12.7 Å². The summed E-state index contributed by atoms with van der Waals surface area (Å²) in [4.78, 5) is 0. The summed E-state index contributed by atoms with van der Waals surface area (Å²) in [5.74, 6) is 0.751. The van der Waals surface area contributed by atoms with Crippen LogP contribution in [0.5, 0.6) is 5.75 Å². The zero-order chi connectivity index (χ0) is 13.2. The van der Waals surface area contributed by atoms with E-state index in [0.717, 1.165) is 16.9 Å². The van der Waals surface area contributed by atoms with E-state index in [9.17, 15) is 4.39 Å². The number of fused-ring (bicyclic) bond motifs is 1. The van der Waals surface area contributed by atoms with Gasteiger partial charge in [0.05, 0.1) is 6.04 Å². The Kier molecular flexibility index (Phi) is 3.22. The number of halogens is 1. The molecule has 3 heteroatoms. The molecule has 1 heterocycles. The zero-order valence-electron chi connectivity index (χ0n) is 10.8. The molecule has 0 spiro atoms. The molecule has 3 rings (SSSR count). The van der Waals surface area contributed by atoms with E-state index in [1.807, 2.05) is 31.2 Å². The Morgan fingerprint density at radius 2 is 2.11 bits per heavy atom. The Morgan fingerprint density at radius 1 is 1.26 bits per heavy atom. The van der Waals surface area contributed by atoms with Crippen LogP contribution in [-0.4, -0.2) is 6.61 Å². The van der Waals surface area contributed by atoms with Crippen LogP contribution in [0.15, 0.2) is 42.5 Å². The first-order chi connectivity index (χ1) is 9.24. The molecule has 0 saturated carbocycles. The maximum absolute atomic E-state index is 13.2. The van der Waals surface area contributed by atoms with Gasteiger partial charge in [0.1, 0.15) is 18.2 Å². The van der Waals surface area contributed by atoms with Gasteiger partial charge in [0.2, 0.25) is 0 Å². The van der Waals surface area contributed by atoms with Gasteiger partial charge in [-0.15, -0.1) is 0 Å². The molecule has 1 N–H and O–H groups in total. The van der Waals surface area contributed by atoms with E-state index < -0.39 is 0 Å². The molecule has 0 aromatic heterocycles. The molecule has 0 amide bonds. The average Bonchev–Trinajstić information content (AvgIpc) is 2.83. The fourth-order valence-corrected chi connectivity index (χ4v) is 2.40. The first-order valence-electron chi connectivity index (χ1n) is 6.44. The molecule has 98 valence electrons. The van der Waals surface area contributed by atoms with Crippen LogP contribution in [0.25, 0.3) is 0 Å². The molecule has 19 heavy (non-hydrogen) atoms. The number of ether oxygens (including phenoxy) is 1. The Labute approximate surface area is 112 Å². The molecule has 0 bridgehead atoms. The predicted octanol–water partition coefficient (Wildman–Crippen LogP) is 3.36.